The third-order valence-corrected chi connectivity index (χ3v) is 1.48. The molecule has 0 radical (unpaired) electrons. The van der Waals surface area contributed by atoms with Crippen LogP contribution in [0.4, 0.5) is 0 Å². The van der Waals surface area contributed by atoms with Crippen molar-refractivity contribution in [2.45, 2.75) is 19.4 Å². The Balaban J connectivity index is 0.000000360. The van der Waals surface area contributed by atoms with Gasteiger partial charge in [0.2, 0.25) is 0 Å². The van der Waals surface area contributed by atoms with Crippen molar-refractivity contribution in [1.29, 1.82) is 0 Å². The summed E-state index contributed by atoms with van der Waals surface area (Å²) in [7, 11) is 2.02. The second kappa shape index (κ2) is 2.53. The molecule has 0 aromatic carbocycles. The number of halogens is 1. The fourth-order valence-corrected chi connectivity index (χ4v) is 0.724. The highest BCUT2D eigenvalue weighted by Crippen LogP contribution is 2.27. The Hall–Kier alpha value is 0.250. The van der Waals surface area contributed by atoms with Crippen LogP contribution in [0.25, 0.3) is 0 Å². The molecule has 0 aromatic heterocycles. The fraction of sp³-hybridized carbons (Fsp3) is 1.00. The molecule has 0 spiro atoms. The maximum absolute atomic E-state index is 3.19. The Morgan fingerprint density at radius 3 is 2.00 bits per heavy atom. The van der Waals surface area contributed by atoms with Crippen LogP contribution in [-0.4, -0.2) is 13.1 Å². The molecule has 0 aliphatic heterocycles. The lowest BCUT2D eigenvalue weighted by molar-refractivity contribution is 0.747. The third kappa shape index (κ3) is 1.66. The van der Waals surface area contributed by atoms with E-state index in [1.807, 2.05) is 7.05 Å². The van der Waals surface area contributed by atoms with Gasteiger partial charge in [-0.25, -0.2) is 0 Å². The van der Waals surface area contributed by atoms with E-state index in [-0.39, 0.29) is 12.4 Å². The quantitative estimate of drug-likeness (QED) is 0.547. The van der Waals surface area contributed by atoms with E-state index in [1.165, 1.54) is 6.42 Å². The normalized spacial score (nSPS) is 36.9. The van der Waals surface area contributed by atoms with Crippen molar-refractivity contribution in [2.75, 3.05) is 7.05 Å². The Morgan fingerprint density at radius 1 is 1.57 bits per heavy atom. The van der Waals surface area contributed by atoms with Gasteiger partial charge in [0, 0.05) is 6.04 Å². The van der Waals surface area contributed by atoms with Crippen LogP contribution in [0.15, 0.2) is 0 Å². The van der Waals surface area contributed by atoms with E-state index in [9.17, 15) is 0 Å². The van der Waals surface area contributed by atoms with Gasteiger partial charge < -0.3 is 5.32 Å². The van der Waals surface area contributed by atoms with E-state index < -0.39 is 0 Å². The van der Waals surface area contributed by atoms with Crippen molar-refractivity contribution in [3.05, 3.63) is 0 Å². The molecule has 7 heavy (non-hydrogen) atoms. The minimum Gasteiger partial charge on any atom is -0.317 e. The first-order valence-electron chi connectivity index (χ1n) is 2.52. The highest BCUT2D eigenvalue weighted by molar-refractivity contribution is 5.85. The second-order valence-electron chi connectivity index (χ2n) is 2.11. The first kappa shape index (κ1) is 7.25. The zero-order chi connectivity index (χ0) is 4.57. The first-order valence-corrected chi connectivity index (χ1v) is 2.52. The van der Waals surface area contributed by atoms with E-state index in [2.05, 4.69) is 12.2 Å². The van der Waals surface area contributed by atoms with Crippen LogP contribution in [0.3, 0.4) is 0 Å². The molecule has 0 aromatic rings. The molecule has 0 unspecified atom stereocenters. The predicted molar refractivity (Wildman–Crippen MR) is 33.9 cm³/mol. The van der Waals surface area contributed by atoms with Gasteiger partial charge in [-0.3, -0.25) is 0 Å². The van der Waals surface area contributed by atoms with Crippen molar-refractivity contribution >= 4 is 12.4 Å². The Morgan fingerprint density at radius 2 is 2.00 bits per heavy atom. The van der Waals surface area contributed by atoms with E-state index in [4.69, 9.17) is 0 Å². The van der Waals surface area contributed by atoms with Crippen LogP contribution in [0.1, 0.15) is 13.3 Å². The Bertz CT molecular complexity index is 54.0. The summed E-state index contributed by atoms with van der Waals surface area (Å²) in [5, 5.41) is 3.19. The van der Waals surface area contributed by atoms with E-state index in [0.29, 0.717) is 0 Å². The van der Waals surface area contributed by atoms with Gasteiger partial charge in [0.1, 0.15) is 0 Å². The molecule has 1 N–H and O–H groups in total. The highest BCUT2D eigenvalue weighted by atomic mass is 35.5. The SMILES string of the molecule is CN[C@H]1C[C@H]1C.Cl. The molecular formula is C5H12ClN. The molecule has 2 atom stereocenters. The van der Waals surface area contributed by atoms with E-state index in [0.717, 1.165) is 12.0 Å². The number of hydrogen-bond acceptors (Lipinski definition) is 1. The zero-order valence-electron chi connectivity index (χ0n) is 4.77. The predicted octanol–water partition coefficient (Wildman–Crippen LogP) is 1.04. The van der Waals surface area contributed by atoms with Crippen molar-refractivity contribution in [3.63, 3.8) is 0 Å². The first-order chi connectivity index (χ1) is 2.84. The van der Waals surface area contributed by atoms with Crippen LogP contribution >= 0.6 is 12.4 Å². The number of rotatable bonds is 1. The summed E-state index contributed by atoms with van der Waals surface area (Å²) in [6.45, 7) is 2.27. The molecule has 1 nitrogen and oxygen atoms in total. The van der Waals surface area contributed by atoms with Crippen molar-refractivity contribution in [3.8, 4) is 0 Å². The maximum Gasteiger partial charge on any atom is 0.00933 e. The largest absolute Gasteiger partial charge is 0.317 e. The van der Waals surface area contributed by atoms with E-state index >= 15 is 0 Å². The van der Waals surface area contributed by atoms with Crippen molar-refractivity contribution in [1.82, 2.24) is 5.32 Å². The van der Waals surface area contributed by atoms with Crippen molar-refractivity contribution in [2.24, 2.45) is 5.92 Å². The van der Waals surface area contributed by atoms with Crippen LogP contribution in [0.2, 0.25) is 0 Å². The third-order valence-electron chi connectivity index (χ3n) is 1.48. The smallest absolute Gasteiger partial charge is 0.00933 e. The lowest BCUT2D eigenvalue weighted by Gasteiger charge is -1.84. The zero-order valence-corrected chi connectivity index (χ0v) is 5.59. The summed E-state index contributed by atoms with van der Waals surface area (Å²) in [5.41, 5.74) is 0. The molecular weight excluding hydrogens is 110 g/mol. The van der Waals surface area contributed by atoms with Crippen molar-refractivity contribution < 1.29 is 0 Å². The maximum atomic E-state index is 3.19. The summed E-state index contributed by atoms with van der Waals surface area (Å²) >= 11 is 0. The molecule has 0 amide bonds. The van der Waals surface area contributed by atoms with Gasteiger partial charge in [0.05, 0.1) is 0 Å². The lowest BCUT2D eigenvalue weighted by atomic mass is 10.5. The van der Waals surface area contributed by atoms with Gasteiger partial charge in [0.15, 0.2) is 0 Å². The Labute approximate surface area is 50.9 Å². The lowest BCUT2D eigenvalue weighted by Crippen LogP contribution is -2.09. The highest BCUT2D eigenvalue weighted by Gasteiger charge is 2.29. The Kier molecular flexibility index (Phi) is 2.62. The standard InChI is InChI=1S/C5H11N.ClH/c1-4-3-5(4)6-2;/h4-6H,3H2,1-2H3;1H/t4-,5+;/m1./s1. The molecule has 0 saturated heterocycles. The summed E-state index contributed by atoms with van der Waals surface area (Å²) in [5.74, 6) is 0.954. The van der Waals surface area contributed by atoms with Crippen LogP contribution in [0, 0.1) is 5.92 Å². The summed E-state index contributed by atoms with van der Waals surface area (Å²) in [6.07, 6.45) is 1.39. The molecule has 1 fully saturated rings. The molecule has 0 bridgehead atoms. The molecule has 44 valence electrons. The minimum atomic E-state index is 0. The molecule has 2 heteroatoms. The monoisotopic (exact) mass is 121 g/mol. The summed E-state index contributed by atoms with van der Waals surface area (Å²) in [4.78, 5) is 0. The van der Waals surface area contributed by atoms with Gasteiger partial charge >= 0.3 is 0 Å². The molecule has 1 aliphatic rings. The average molecular weight is 122 g/mol. The van der Waals surface area contributed by atoms with Crippen LogP contribution < -0.4 is 5.32 Å². The van der Waals surface area contributed by atoms with Gasteiger partial charge in [-0.2, -0.15) is 0 Å². The number of hydrogen-bond donors (Lipinski definition) is 1. The van der Waals surface area contributed by atoms with Gasteiger partial charge in [-0.15, -0.1) is 12.4 Å². The van der Waals surface area contributed by atoms with Crippen LogP contribution in [0.5, 0.6) is 0 Å². The fourth-order valence-electron chi connectivity index (χ4n) is 0.724. The van der Waals surface area contributed by atoms with Gasteiger partial charge in [0.25, 0.3) is 0 Å². The van der Waals surface area contributed by atoms with Gasteiger partial charge in [-0.1, -0.05) is 6.92 Å². The van der Waals surface area contributed by atoms with Crippen LogP contribution in [-0.2, 0) is 0 Å². The topological polar surface area (TPSA) is 12.0 Å². The summed E-state index contributed by atoms with van der Waals surface area (Å²) in [6, 6.07) is 0.852. The molecule has 1 rings (SSSR count). The van der Waals surface area contributed by atoms with Gasteiger partial charge in [-0.05, 0) is 19.4 Å². The average Bonchev–Trinajstić information content (AvgIpc) is 2.19. The molecule has 0 heterocycles. The second-order valence-corrected chi connectivity index (χ2v) is 2.11. The molecule has 1 saturated carbocycles. The number of nitrogens with one attached hydrogen (secondary N) is 1. The minimum absolute atomic E-state index is 0. The summed E-state index contributed by atoms with van der Waals surface area (Å²) < 4.78 is 0. The van der Waals surface area contributed by atoms with E-state index in [1.54, 1.807) is 0 Å². The molecule has 1 aliphatic carbocycles.